The van der Waals surface area contributed by atoms with Crippen molar-refractivity contribution in [3.05, 3.63) is 22.6 Å². The van der Waals surface area contributed by atoms with E-state index in [2.05, 4.69) is 10.3 Å². The molecule has 1 aliphatic rings. The van der Waals surface area contributed by atoms with Gasteiger partial charge in [-0.2, -0.15) is 13.2 Å². The van der Waals surface area contributed by atoms with Gasteiger partial charge in [0.25, 0.3) is 0 Å². The minimum absolute atomic E-state index is 0.303. The van der Waals surface area contributed by atoms with E-state index in [1.54, 1.807) is 0 Å². The number of hydrogen-bond acceptors (Lipinski definition) is 4. The van der Waals surface area contributed by atoms with Gasteiger partial charge >= 0.3 is 12.3 Å². The van der Waals surface area contributed by atoms with Crippen molar-refractivity contribution in [1.82, 2.24) is 4.98 Å². The highest BCUT2D eigenvalue weighted by Gasteiger charge is 2.35. The van der Waals surface area contributed by atoms with Gasteiger partial charge < -0.3 is 15.8 Å². The summed E-state index contributed by atoms with van der Waals surface area (Å²) in [5.74, 6) is -1.52. The van der Waals surface area contributed by atoms with Crippen LogP contribution in [0.4, 0.5) is 28.2 Å². The summed E-state index contributed by atoms with van der Waals surface area (Å²) in [6.45, 7) is 0. The van der Waals surface area contributed by atoms with Gasteiger partial charge in [-0.3, -0.25) is 0 Å². The van der Waals surface area contributed by atoms with Crippen LogP contribution in [-0.2, 0) is 10.9 Å². The van der Waals surface area contributed by atoms with Crippen molar-refractivity contribution >= 4 is 23.5 Å². The van der Waals surface area contributed by atoms with Crippen molar-refractivity contribution in [2.24, 2.45) is 5.73 Å². The lowest BCUT2D eigenvalue weighted by molar-refractivity contribution is -0.137. The highest BCUT2D eigenvalue weighted by Crippen LogP contribution is 2.36. The van der Waals surface area contributed by atoms with Crippen LogP contribution in [0.1, 0.15) is 31.2 Å². The summed E-state index contributed by atoms with van der Waals surface area (Å²) in [6.07, 6.45) is -3.84. The lowest BCUT2D eigenvalue weighted by atomic mass is 9.93. The first kappa shape index (κ1) is 17.6. The van der Waals surface area contributed by atoms with Gasteiger partial charge in [-0.05, 0) is 25.3 Å². The van der Waals surface area contributed by atoms with E-state index in [-0.39, 0.29) is 11.9 Å². The van der Waals surface area contributed by atoms with Crippen LogP contribution in [0.3, 0.4) is 0 Å². The molecule has 23 heavy (non-hydrogen) atoms. The first-order valence-corrected chi connectivity index (χ1v) is 7.20. The number of halogens is 5. The predicted molar refractivity (Wildman–Crippen MR) is 74.5 cm³/mol. The summed E-state index contributed by atoms with van der Waals surface area (Å²) in [6, 6.07) is -0.0133. The Morgan fingerprint density at radius 3 is 2.74 bits per heavy atom. The molecule has 0 unspecified atom stereocenters. The van der Waals surface area contributed by atoms with E-state index < -0.39 is 34.9 Å². The summed E-state index contributed by atoms with van der Waals surface area (Å²) in [5, 5.41) is 1.87. The second-order valence-electron chi connectivity index (χ2n) is 5.22. The molecule has 2 rings (SSSR count). The number of alkyl halides is 3. The minimum Gasteiger partial charge on any atom is -0.446 e. The van der Waals surface area contributed by atoms with Crippen molar-refractivity contribution < 1.29 is 27.1 Å². The molecule has 1 amide bonds. The van der Waals surface area contributed by atoms with Crippen LogP contribution in [0.5, 0.6) is 0 Å². The van der Waals surface area contributed by atoms with Crippen LogP contribution in [0.15, 0.2) is 6.07 Å². The third-order valence-corrected chi connectivity index (χ3v) is 3.77. The number of pyridine rings is 1. The monoisotopic (exact) mass is 355 g/mol. The zero-order valence-corrected chi connectivity index (χ0v) is 12.5. The fraction of sp³-hybridized carbons (Fsp3) is 0.538. The third kappa shape index (κ3) is 4.60. The summed E-state index contributed by atoms with van der Waals surface area (Å²) in [5.41, 5.74) is 3.61. The Kier molecular flexibility index (Phi) is 5.18. The number of nitrogens with two attached hydrogens (primary N) is 1. The number of hydrogen-bond donors (Lipinski definition) is 2. The first-order chi connectivity index (χ1) is 10.7. The second kappa shape index (κ2) is 6.77. The van der Waals surface area contributed by atoms with E-state index in [0.717, 1.165) is 0 Å². The molecule has 1 fully saturated rings. The van der Waals surface area contributed by atoms with Crippen molar-refractivity contribution in [3.63, 3.8) is 0 Å². The molecule has 0 spiro atoms. The summed E-state index contributed by atoms with van der Waals surface area (Å²) in [4.78, 5) is 14.2. The Labute approximate surface area is 134 Å². The van der Waals surface area contributed by atoms with Gasteiger partial charge in [0.15, 0.2) is 11.6 Å². The van der Waals surface area contributed by atoms with E-state index in [9.17, 15) is 22.4 Å². The van der Waals surface area contributed by atoms with Crippen LogP contribution in [-0.4, -0.2) is 23.2 Å². The molecule has 2 atom stereocenters. The molecule has 3 N–H and O–H groups in total. The number of aromatic nitrogens is 1. The van der Waals surface area contributed by atoms with Crippen molar-refractivity contribution in [2.75, 3.05) is 5.32 Å². The quantitative estimate of drug-likeness (QED) is 0.640. The molecule has 0 aliphatic heterocycles. The van der Waals surface area contributed by atoms with Crippen LogP contribution in [0.25, 0.3) is 0 Å². The highest BCUT2D eigenvalue weighted by molar-refractivity contribution is 6.30. The number of ether oxygens (including phenoxy) is 1. The number of amides is 1. The molecule has 10 heteroatoms. The van der Waals surface area contributed by atoms with Crippen LogP contribution >= 0.6 is 11.6 Å². The number of carbonyl (C=O) groups is 1. The van der Waals surface area contributed by atoms with Crippen LogP contribution in [0.2, 0.25) is 5.15 Å². The lowest BCUT2D eigenvalue weighted by Gasteiger charge is -2.29. The Hall–Kier alpha value is -1.77. The Bertz CT molecular complexity index is 597. The number of carbonyl (C=O) groups excluding carboxylic acids is 1. The Morgan fingerprint density at radius 2 is 2.13 bits per heavy atom. The van der Waals surface area contributed by atoms with E-state index >= 15 is 0 Å². The maximum atomic E-state index is 13.8. The van der Waals surface area contributed by atoms with E-state index in [1.165, 1.54) is 0 Å². The van der Waals surface area contributed by atoms with Gasteiger partial charge in [0, 0.05) is 12.5 Å². The lowest BCUT2D eigenvalue weighted by Crippen LogP contribution is -2.34. The Balaban J connectivity index is 2.11. The predicted octanol–water partition coefficient (Wildman–Crippen LogP) is 3.71. The normalized spacial score (nSPS) is 21.8. The number of anilines is 1. The van der Waals surface area contributed by atoms with Gasteiger partial charge in [-0.15, -0.1) is 0 Å². The van der Waals surface area contributed by atoms with Crippen molar-refractivity contribution in [1.29, 1.82) is 0 Å². The van der Waals surface area contributed by atoms with Crippen molar-refractivity contribution in [2.45, 2.75) is 44.0 Å². The van der Waals surface area contributed by atoms with Gasteiger partial charge in [0.1, 0.15) is 11.3 Å². The number of rotatable bonds is 3. The average molecular weight is 356 g/mol. The number of nitrogens with zero attached hydrogens (tertiary/aromatic N) is 1. The molecule has 0 aromatic carbocycles. The molecule has 1 aromatic rings. The molecule has 0 saturated heterocycles. The van der Waals surface area contributed by atoms with Gasteiger partial charge in [-0.25, -0.2) is 14.2 Å². The molecule has 0 bridgehead atoms. The minimum atomic E-state index is -4.78. The van der Waals surface area contributed by atoms with E-state index in [0.29, 0.717) is 31.7 Å². The molecule has 0 radical (unpaired) electrons. The standard InChI is InChI=1S/C13H14ClF4N3O2/c14-10-8(13(16,17)18)5-9(15)11(21-10)20-6-2-1-3-7(4-6)23-12(19)22/h5-7H,1-4H2,(H2,19,22)(H,20,21)/t6-,7+/m1/s1. The molecule has 5 nitrogen and oxygen atoms in total. The largest absolute Gasteiger partial charge is 0.446 e. The summed E-state index contributed by atoms with van der Waals surface area (Å²) in [7, 11) is 0. The number of primary amides is 1. The third-order valence-electron chi connectivity index (χ3n) is 3.48. The highest BCUT2D eigenvalue weighted by atomic mass is 35.5. The van der Waals surface area contributed by atoms with Crippen LogP contribution in [0, 0.1) is 5.82 Å². The molecule has 1 heterocycles. The van der Waals surface area contributed by atoms with E-state index in [4.69, 9.17) is 22.1 Å². The fourth-order valence-corrected chi connectivity index (χ4v) is 2.75. The fourth-order valence-electron chi connectivity index (χ4n) is 2.51. The van der Waals surface area contributed by atoms with Crippen LogP contribution < -0.4 is 11.1 Å². The number of nitrogens with one attached hydrogen (secondary N) is 1. The molecular weight excluding hydrogens is 342 g/mol. The smallest absolute Gasteiger partial charge is 0.419 e. The van der Waals surface area contributed by atoms with Crippen molar-refractivity contribution in [3.8, 4) is 0 Å². The summed E-state index contributed by atoms with van der Waals surface area (Å²) < 4.78 is 56.6. The van der Waals surface area contributed by atoms with Gasteiger partial charge in [-0.1, -0.05) is 11.6 Å². The molecular formula is C13H14ClF4N3O2. The SMILES string of the molecule is NC(=O)O[C@H]1CCC[C@@H](Nc2nc(Cl)c(C(F)(F)F)cc2F)C1. The van der Waals surface area contributed by atoms with E-state index in [1.807, 2.05) is 0 Å². The zero-order valence-electron chi connectivity index (χ0n) is 11.8. The zero-order chi connectivity index (χ0) is 17.2. The summed E-state index contributed by atoms with van der Waals surface area (Å²) >= 11 is 5.48. The topological polar surface area (TPSA) is 77.2 Å². The molecule has 1 aliphatic carbocycles. The first-order valence-electron chi connectivity index (χ1n) is 6.82. The van der Waals surface area contributed by atoms with Gasteiger partial charge in [0.05, 0.1) is 5.56 Å². The Morgan fingerprint density at radius 1 is 1.43 bits per heavy atom. The molecule has 1 saturated carbocycles. The second-order valence-corrected chi connectivity index (χ2v) is 5.58. The molecule has 1 aromatic heterocycles. The molecule has 128 valence electrons. The van der Waals surface area contributed by atoms with Gasteiger partial charge in [0.2, 0.25) is 0 Å². The average Bonchev–Trinajstić information content (AvgIpc) is 2.41. The maximum Gasteiger partial charge on any atom is 0.419 e. The maximum absolute atomic E-state index is 13.8.